The van der Waals surface area contributed by atoms with Crippen molar-refractivity contribution < 1.29 is 9.53 Å². The molecule has 1 atom stereocenters. The zero-order valence-corrected chi connectivity index (χ0v) is 18.3. The number of aromatic amines is 1. The van der Waals surface area contributed by atoms with Crippen molar-refractivity contribution in [2.75, 3.05) is 6.54 Å². The van der Waals surface area contributed by atoms with Gasteiger partial charge in [-0.2, -0.15) is 0 Å². The van der Waals surface area contributed by atoms with Gasteiger partial charge in [0, 0.05) is 37.5 Å². The number of aromatic nitrogens is 5. The molecule has 1 unspecified atom stereocenters. The molecule has 1 aliphatic rings. The van der Waals surface area contributed by atoms with Gasteiger partial charge in [-0.25, -0.2) is 15.0 Å². The third-order valence-corrected chi connectivity index (χ3v) is 5.83. The van der Waals surface area contributed by atoms with Crippen molar-refractivity contribution in [3.05, 3.63) is 59.2 Å². The number of ether oxygens (including phenoxy) is 1. The van der Waals surface area contributed by atoms with E-state index in [0.29, 0.717) is 23.0 Å². The fourth-order valence-electron chi connectivity index (χ4n) is 3.96. The van der Waals surface area contributed by atoms with Crippen LogP contribution >= 0.6 is 15.9 Å². The van der Waals surface area contributed by atoms with E-state index in [2.05, 4.69) is 40.8 Å². The lowest BCUT2D eigenvalue weighted by Gasteiger charge is -2.25. The van der Waals surface area contributed by atoms with Crippen LogP contribution in [0.25, 0.3) is 22.6 Å². The Labute approximate surface area is 186 Å². The van der Waals surface area contributed by atoms with Gasteiger partial charge in [0.2, 0.25) is 5.91 Å². The van der Waals surface area contributed by atoms with Crippen LogP contribution in [0.3, 0.4) is 0 Å². The van der Waals surface area contributed by atoms with Crippen LogP contribution in [0.4, 0.5) is 0 Å². The van der Waals surface area contributed by atoms with Crippen molar-refractivity contribution in [1.29, 1.82) is 0 Å². The van der Waals surface area contributed by atoms with E-state index in [1.807, 2.05) is 29.2 Å². The van der Waals surface area contributed by atoms with E-state index in [0.717, 1.165) is 40.6 Å². The number of carbonyl (C=O) groups is 1. The molecule has 4 aromatic rings. The first-order chi connectivity index (χ1) is 15.1. The molecule has 4 heterocycles. The Balaban J connectivity index is 1.62. The summed E-state index contributed by atoms with van der Waals surface area (Å²) in [4.78, 5) is 34.8. The molecule has 31 heavy (non-hydrogen) atoms. The maximum atomic E-state index is 12.2. The second kappa shape index (κ2) is 8.07. The van der Waals surface area contributed by atoms with Gasteiger partial charge in [0.05, 0.1) is 29.5 Å². The quantitative estimate of drug-likeness (QED) is 0.428. The summed E-state index contributed by atoms with van der Waals surface area (Å²) in [7, 11) is 0. The molecule has 0 saturated carbocycles. The number of hydrogen-bond donors (Lipinski definition) is 1. The third-order valence-electron chi connectivity index (χ3n) is 5.36. The molecule has 1 amide bonds. The van der Waals surface area contributed by atoms with E-state index in [1.165, 1.54) is 0 Å². The van der Waals surface area contributed by atoms with E-state index in [4.69, 9.17) is 4.74 Å². The van der Waals surface area contributed by atoms with Gasteiger partial charge in [-0.15, -0.1) is 0 Å². The summed E-state index contributed by atoms with van der Waals surface area (Å²) in [6, 6.07) is 7.54. The number of fused-ring (bicyclic) bond motifs is 1. The first-order valence-corrected chi connectivity index (χ1v) is 10.7. The zero-order valence-electron chi connectivity index (χ0n) is 16.7. The smallest absolute Gasteiger partial charge is 0.219 e. The fraction of sp³-hybridized carbons (Fsp3) is 0.227. The molecular weight excluding hydrogens is 460 g/mol. The molecule has 3 aromatic heterocycles. The second-order valence-electron chi connectivity index (χ2n) is 7.37. The standard InChI is InChI=1S/C22H19BrN6O2/c1-13(30)29-8-2-3-19(29)15-9-16-17(28-22(27-16)18-12-24-6-7-25-18)10-20(15)31-14-4-5-21(23)26-11-14/h4-7,9-12,19H,2-3,8H2,1H3,(H,27,28). The second-order valence-corrected chi connectivity index (χ2v) is 8.18. The predicted octanol–water partition coefficient (Wildman–Crippen LogP) is 4.65. The first kappa shape index (κ1) is 19.6. The molecule has 1 fully saturated rings. The molecule has 1 aromatic carbocycles. The summed E-state index contributed by atoms with van der Waals surface area (Å²) >= 11 is 3.34. The summed E-state index contributed by atoms with van der Waals surface area (Å²) in [6.07, 6.45) is 8.41. The molecule has 0 aliphatic carbocycles. The van der Waals surface area contributed by atoms with Crippen molar-refractivity contribution >= 4 is 32.9 Å². The number of benzene rings is 1. The molecule has 9 heteroatoms. The highest BCUT2D eigenvalue weighted by atomic mass is 79.9. The van der Waals surface area contributed by atoms with E-state index < -0.39 is 0 Å². The van der Waals surface area contributed by atoms with Gasteiger partial charge in [-0.1, -0.05) is 0 Å². The lowest BCUT2D eigenvalue weighted by molar-refractivity contribution is -0.129. The van der Waals surface area contributed by atoms with Crippen LogP contribution < -0.4 is 4.74 Å². The normalized spacial score (nSPS) is 16.1. The Morgan fingerprint density at radius 2 is 2.13 bits per heavy atom. The third kappa shape index (κ3) is 3.88. The molecular formula is C22H19BrN6O2. The van der Waals surface area contributed by atoms with Crippen LogP contribution in [-0.2, 0) is 4.79 Å². The summed E-state index contributed by atoms with van der Waals surface area (Å²) in [5.74, 6) is 1.96. The van der Waals surface area contributed by atoms with E-state index >= 15 is 0 Å². The summed E-state index contributed by atoms with van der Waals surface area (Å²) in [5, 5.41) is 0. The molecule has 1 N–H and O–H groups in total. The summed E-state index contributed by atoms with van der Waals surface area (Å²) in [5.41, 5.74) is 3.20. The molecule has 1 saturated heterocycles. The number of pyridine rings is 1. The zero-order chi connectivity index (χ0) is 21.4. The van der Waals surface area contributed by atoms with E-state index in [-0.39, 0.29) is 11.9 Å². The number of likely N-dealkylation sites (tertiary alicyclic amines) is 1. The maximum absolute atomic E-state index is 12.2. The average molecular weight is 479 g/mol. The number of halogens is 1. The van der Waals surface area contributed by atoms with Crippen molar-refractivity contribution in [2.45, 2.75) is 25.8 Å². The maximum Gasteiger partial charge on any atom is 0.219 e. The minimum Gasteiger partial charge on any atom is -0.455 e. The molecule has 8 nitrogen and oxygen atoms in total. The first-order valence-electron chi connectivity index (χ1n) is 9.95. The number of amides is 1. The molecule has 5 rings (SSSR count). The van der Waals surface area contributed by atoms with Crippen LogP contribution in [0, 0.1) is 0 Å². The lowest BCUT2D eigenvalue weighted by atomic mass is 10.0. The SMILES string of the molecule is CC(=O)N1CCCC1c1cc2[nH]c(-c3cnccn3)nc2cc1Oc1ccc(Br)nc1. The number of nitrogens with zero attached hydrogens (tertiary/aromatic N) is 5. The van der Waals surface area contributed by atoms with Crippen LogP contribution in [0.2, 0.25) is 0 Å². The molecule has 0 spiro atoms. The van der Waals surface area contributed by atoms with Gasteiger partial charge in [0.15, 0.2) is 5.82 Å². The van der Waals surface area contributed by atoms with Crippen LogP contribution in [0.5, 0.6) is 11.5 Å². The number of imidazole rings is 1. The number of H-pyrrole nitrogens is 1. The van der Waals surface area contributed by atoms with Gasteiger partial charge in [-0.3, -0.25) is 9.78 Å². The molecule has 0 radical (unpaired) electrons. The monoisotopic (exact) mass is 478 g/mol. The number of carbonyl (C=O) groups excluding carboxylic acids is 1. The number of rotatable bonds is 4. The van der Waals surface area contributed by atoms with Gasteiger partial charge in [0.1, 0.15) is 21.8 Å². The van der Waals surface area contributed by atoms with E-state index in [1.54, 1.807) is 31.7 Å². The van der Waals surface area contributed by atoms with Crippen molar-refractivity contribution in [2.24, 2.45) is 0 Å². The van der Waals surface area contributed by atoms with Gasteiger partial charge >= 0.3 is 0 Å². The summed E-state index contributed by atoms with van der Waals surface area (Å²) < 4.78 is 6.96. The molecule has 156 valence electrons. The highest BCUT2D eigenvalue weighted by Crippen LogP contribution is 2.40. The Morgan fingerprint density at radius 3 is 2.87 bits per heavy atom. The Hall–Kier alpha value is -3.33. The van der Waals surface area contributed by atoms with Crippen molar-refractivity contribution in [1.82, 2.24) is 29.8 Å². The highest BCUT2D eigenvalue weighted by Gasteiger charge is 2.31. The average Bonchev–Trinajstić information content (AvgIpc) is 3.42. The fourth-order valence-corrected chi connectivity index (χ4v) is 4.20. The topological polar surface area (TPSA) is 96.9 Å². The Kier molecular flexibility index (Phi) is 5.11. The van der Waals surface area contributed by atoms with Crippen LogP contribution in [0.15, 0.2) is 53.7 Å². The molecule has 1 aliphatic heterocycles. The lowest BCUT2D eigenvalue weighted by Crippen LogP contribution is -2.28. The van der Waals surface area contributed by atoms with Crippen LogP contribution in [0.1, 0.15) is 31.4 Å². The van der Waals surface area contributed by atoms with Crippen LogP contribution in [-0.4, -0.2) is 42.3 Å². The van der Waals surface area contributed by atoms with Gasteiger partial charge in [-0.05, 0) is 47.0 Å². The van der Waals surface area contributed by atoms with Crippen molar-refractivity contribution in [3.63, 3.8) is 0 Å². The Morgan fingerprint density at radius 1 is 1.23 bits per heavy atom. The van der Waals surface area contributed by atoms with Gasteiger partial charge in [0.25, 0.3) is 0 Å². The van der Waals surface area contributed by atoms with Crippen molar-refractivity contribution in [3.8, 4) is 23.0 Å². The molecule has 0 bridgehead atoms. The van der Waals surface area contributed by atoms with E-state index in [9.17, 15) is 4.79 Å². The number of nitrogens with one attached hydrogen (secondary N) is 1. The minimum atomic E-state index is -0.0522. The highest BCUT2D eigenvalue weighted by molar-refractivity contribution is 9.10. The van der Waals surface area contributed by atoms with Gasteiger partial charge < -0.3 is 14.6 Å². The minimum absolute atomic E-state index is 0.0522. The largest absolute Gasteiger partial charge is 0.455 e. The predicted molar refractivity (Wildman–Crippen MR) is 118 cm³/mol. The Bertz CT molecular complexity index is 1240. The summed E-state index contributed by atoms with van der Waals surface area (Å²) in [6.45, 7) is 2.35. The number of hydrogen-bond acceptors (Lipinski definition) is 6.